The molecule has 0 aliphatic heterocycles. The zero-order valence-corrected chi connectivity index (χ0v) is 20.0. The molecule has 0 N–H and O–H groups in total. The second-order valence-electron chi connectivity index (χ2n) is 8.90. The molecule has 0 aliphatic carbocycles. The van der Waals surface area contributed by atoms with Gasteiger partial charge in [-0.25, -0.2) is 0 Å². The molecule has 0 unspecified atom stereocenters. The predicted molar refractivity (Wildman–Crippen MR) is 165 cm³/mol. The SMILES string of the molecule is [2H]c1cc2c(-c3cccc(-c4c([2H])c([2H])c([2H])c5c4oc4c([2H])c([2H])c([2H])c([2H])c45)c3)c3cc([2H])c([2H])cc3c(-c3c([2H])c([2H])c([2H])c([2H])c3[2H])c2cc1[2H]. The molecule has 0 atom stereocenters. The minimum absolute atomic E-state index is 0.0273. The summed E-state index contributed by atoms with van der Waals surface area (Å²) in [6, 6.07) is 5.03. The monoisotopic (exact) mass is 512 g/mol. The van der Waals surface area contributed by atoms with Crippen LogP contribution in [-0.2, 0) is 0 Å². The molecule has 1 nitrogen and oxygen atoms in total. The van der Waals surface area contributed by atoms with E-state index in [0.29, 0.717) is 21.9 Å². The van der Waals surface area contributed by atoms with Crippen molar-refractivity contribution in [2.45, 2.75) is 0 Å². The summed E-state index contributed by atoms with van der Waals surface area (Å²) in [4.78, 5) is 0. The second kappa shape index (κ2) is 8.72. The summed E-state index contributed by atoms with van der Waals surface area (Å²) in [5, 5.41) is 0.944. The molecule has 39 heavy (non-hydrogen) atoms. The third-order valence-corrected chi connectivity index (χ3v) is 6.82. The lowest BCUT2D eigenvalue weighted by atomic mass is 9.85. The quantitative estimate of drug-likeness (QED) is 0.215. The van der Waals surface area contributed by atoms with E-state index in [0.717, 1.165) is 0 Å². The lowest BCUT2D eigenvalue weighted by Crippen LogP contribution is -1.91. The van der Waals surface area contributed by atoms with Crippen LogP contribution < -0.4 is 0 Å². The normalized spacial score (nSPS) is 17.3. The number of fused-ring (bicyclic) bond motifs is 5. The highest BCUT2D eigenvalue weighted by molar-refractivity contribution is 6.21. The Morgan fingerprint density at radius 1 is 0.436 bits per heavy atom. The first-order valence-corrected chi connectivity index (χ1v) is 12.0. The minimum atomic E-state index is -0.607. The third kappa shape index (κ3) is 3.41. The van der Waals surface area contributed by atoms with E-state index in [9.17, 15) is 0 Å². The Morgan fingerprint density at radius 2 is 1.03 bits per heavy atom. The average molecular weight is 513 g/mol. The van der Waals surface area contributed by atoms with Gasteiger partial charge in [0.2, 0.25) is 0 Å². The largest absolute Gasteiger partial charge is 0.455 e. The van der Waals surface area contributed by atoms with Gasteiger partial charge < -0.3 is 4.42 Å². The molecule has 7 aromatic carbocycles. The van der Waals surface area contributed by atoms with E-state index < -0.39 is 72.5 Å². The van der Waals surface area contributed by atoms with E-state index in [1.807, 2.05) is 0 Å². The summed E-state index contributed by atoms with van der Waals surface area (Å²) in [5.41, 5.74) is 0.720. The van der Waals surface area contributed by atoms with E-state index in [2.05, 4.69) is 0 Å². The highest BCUT2D eigenvalue weighted by Gasteiger charge is 2.17. The Balaban J connectivity index is 1.53. The maximum atomic E-state index is 8.97. The van der Waals surface area contributed by atoms with Crippen LogP contribution in [0.25, 0.3) is 76.9 Å². The Kier molecular flexibility index (Phi) is 2.53. The summed E-state index contributed by atoms with van der Waals surface area (Å²) >= 11 is 0. The van der Waals surface area contributed by atoms with Crippen LogP contribution in [0.5, 0.6) is 0 Å². The van der Waals surface area contributed by atoms with Gasteiger partial charge in [-0.1, -0.05) is 133 Å². The predicted octanol–water partition coefficient (Wildman–Crippen LogP) is 10.9. The van der Waals surface area contributed by atoms with Gasteiger partial charge in [-0.15, -0.1) is 0 Å². The molecule has 1 heterocycles. The summed E-state index contributed by atoms with van der Waals surface area (Å²) < 4.78 is 143. The Bertz CT molecular complexity index is 2960. The van der Waals surface area contributed by atoms with Gasteiger partial charge in [0.25, 0.3) is 0 Å². The number of furan rings is 1. The summed E-state index contributed by atoms with van der Waals surface area (Å²) in [5.74, 6) is 0. The highest BCUT2D eigenvalue weighted by atomic mass is 16.3. The lowest BCUT2D eigenvalue weighted by Gasteiger charge is -2.18. The molecule has 8 aromatic rings. The summed E-state index contributed by atoms with van der Waals surface area (Å²) in [6.07, 6.45) is 0. The summed E-state index contributed by atoms with van der Waals surface area (Å²) in [6.45, 7) is 0. The topological polar surface area (TPSA) is 13.1 Å². The van der Waals surface area contributed by atoms with Gasteiger partial charge in [0.15, 0.2) is 0 Å². The Morgan fingerprint density at radius 3 is 1.74 bits per heavy atom. The van der Waals surface area contributed by atoms with Crippen LogP contribution in [0.4, 0.5) is 0 Å². The number of hydrogen-bond donors (Lipinski definition) is 0. The molecule has 0 bridgehead atoms. The molecule has 0 aliphatic rings. The Labute approximate surface area is 249 Å². The van der Waals surface area contributed by atoms with Gasteiger partial charge in [0.05, 0.1) is 21.9 Å². The first-order valence-electron chi connectivity index (χ1n) is 20.0. The van der Waals surface area contributed by atoms with E-state index in [1.165, 1.54) is 24.3 Å². The number of para-hydroxylation sites is 2. The van der Waals surface area contributed by atoms with Crippen molar-refractivity contribution in [1.29, 1.82) is 0 Å². The highest BCUT2D eigenvalue weighted by Crippen LogP contribution is 2.44. The molecule has 0 radical (unpaired) electrons. The number of rotatable bonds is 3. The fourth-order valence-electron chi connectivity index (χ4n) is 5.20. The molecule has 182 valence electrons. The van der Waals surface area contributed by atoms with E-state index in [-0.39, 0.29) is 79.1 Å². The maximum Gasteiger partial charge on any atom is 0.143 e. The fourth-order valence-corrected chi connectivity index (χ4v) is 5.20. The lowest BCUT2D eigenvalue weighted by molar-refractivity contribution is 0.670. The van der Waals surface area contributed by atoms with Crippen molar-refractivity contribution in [3.63, 3.8) is 0 Å². The zero-order valence-electron chi connectivity index (χ0n) is 36.0. The fraction of sp³-hybridized carbons (Fsp3) is 0. The van der Waals surface area contributed by atoms with Gasteiger partial charge >= 0.3 is 0 Å². The van der Waals surface area contributed by atoms with Crippen LogP contribution in [-0.4, -0.2) is 0 Å². The Hall–Kier alpha value is -5.14. The van der Waals surface area contributed by atoms with Gasteiger partial charge in [0.1, 0.15) is 11.2 Å². The third-order valence-electron chi connectivity index (χ3n) is 6.82. The van der Waals surface area contributed by atoms with E-state index in [1.54, 1.807) is 24.3 Å². The first-order chi connectivity index (χ1) is 26.0. The van der Waals surface area contributed by atoms with Crippen molar-refractivity contribution in [3.05, 3.63) is 145 Å². The van der Waals surface area contributed by atoms with Gasteiger partial charge in [-0.2, -0.15) is 0 Å². The molecule has 1 aromatic heterocycles. The number of hydrogen-bond acceptors (Lipinski definition) is 1. The second-order valence-corrected chi connectivity index (χ2v) is 8.90. The molecule has 0 amide bonds. The van der Waals surface area contributed by atoms with Crippen molar-refractivity contribution in [2.75, 3.05) is 0 Å². The van der Waals surface area contributed by atoms with Crippen molar-refractivity contribution < 1.29 is 26.3 Å². The standard InChI is InChI=1S/C38H24O/c1-2-12-25(13-3-1)36-30-17-4-6-19-32(30)37(33-20-7-5-18-31(33)36)27-15-10-14-26(24-27)28-21-11-22-34-29-16-8-9-23-35(29)39-38(28)34/h1-24H/i1D,2D,3D,4D,5D,6D,7D,8D,9D,11D,12D,13D,16D,21D,22D,23D. The van der Waals surface area contributed by atoms with Crippen molar-refractivity contribution >= 4 is 43.5 Å². The average Bonchev–Trinajstić information content (AvgIpc) is 3.56. The van der Waals surface area contributed by atoms with Crippen LogP contribution in [0, 0.1) is 0 Å². The molecule has 1 heteroatoms. The molecule has 0 saturated carbocycles. The molecule has 0 saturated heterocycles. The van der Waals surface area contributed by atoms with Crippen LogP contribution in [0.1, 0.15) is 21.9 Å². The van der Waals surface area contributed by atoms with Gasteiger partial charge in [-0.3, -0.25) is 0 Å². The zero-order chi connectivity index (χ0) is 39.7. The van der Waals surface area contributed by atoms with Crippen LogP contribution in [0.3, 0.4) is 0 Å². The minimum Gasteiger partial charge on any atom is -0.455 e. The van der Waals surface area contributed by atoms with Crippen molar-refractivity contribution in [2.24, 2.45) is 0 Å². The summed E-state index contributed by atoms with van der Waals surface area (Å²) in [7, 11) is 0. The van der Waals surface area contributed by atoms with Gasteiger partial charge in [-0.05, 0) is 61.5 Å². The molecular formula is C38H24O. The molecule has 0 fully saturated rings. The van der Waals surface area contributed by atoms with E-state index in [4.69, 9.17) is 26.3 Å². The molecular weight excluding hydrogens is 472 g/mol. The first kappa shape index (κ1) is 11.3. The van der Waals surface area contributed by atoms with Crippen molar-refractivity contribution in [3.8, 4) is 33.4 Å². The smallest absolute Gasteiger partial charge is 0.143 e. The molecule has 8 rings (SSSR count). The maximum absolute atomic E-state index is 8.97. The van der Waals surface area contributed by atoms with E-state index >= 15 is 0 Å². The molecule has 0 spiro atoms. The van der Waals surface area contributed by atoms with Crippen LogP contribution in [0.2, 0.25) is 0 Å². The van der Waals surface area contributed by atoms with Gasteiger partial charge in [0, 0.05) is 16.3 Å². The van der Waals surface area contributed by atoms with Crippen molar-refractivity contribution in [1.82, 2.24) is 0 Å². The number of benzene rings is 7. The van der Waals surface area contributed by atoms with Crippen LogP contribution in [0.15, 0.2) is 150 Å². The van der Waals surface area contributed by atoms with Crippen LogP contribution >= 0.6 is 0 Å².